The Bertz CT molecular complexity index is 1990. The Labute approximate surface area is 276 Å². The van der Waals surface area contributed by atoms with Crippen LogP contribution in [-0.2, 0) is 14.8 Å². The van der Waals surface area contributed by atoms with Crippen LogP contribution in [-0.4, -0.2) is 71.8 Å². The molecule has 4 N–H and O–H groups in total. The number of H-pyrrole nitrogens is 1. The molecule has 7 rings (SSSR count). The van der Waals surface area contributed by atoms with Crippen molar-refractivity contribution in [3.63, 3.8) is 0 Å². The van der Waals surface area contributed by atoms with Gasteiger partial charge in [-0.2, -0.15) is 4.98 Å². The Hall–Kier alpha value is -4.73. The molecule has 2 aromatic carbocycles. The Kier molecular flexibility index (Phi) is 8.21. The molecule has 14 nitrogen and oxygen atoms in total. The fourth-order valence-electron chi connectivity index (χ4n) is 6.80. The zero-order chi connectivity index (χ0) is 33.6. The Balaban J connectivity index is 1.16. The van der Waals surface area contributed by atoms with Crippen LogP contribution in [0.15, 0.2) is 65.7 Å². The number of ether oxygens (including phenoxy) is 2. The average Bonchev–Trinajstić information content (AvgIpc) is 3.52. The number of fused-ring (bicyclic) bond motifs is 3. The smallest absolute Gasteiger partial charge is 0.293 e. The number of nitro groups is 1. The minimum Gasteiger partial charge on any atom is -0.468 e. The molecule has 2 atom stereocenters. The summed E-state index contributed by atoms with van der Waals surface area (Å²) in [6.45, 7) is 3.05. The average molecular weight is 677 g/mol. The van der Waals surface area contributed by atoms with Gasteiger partial charge in [0, 0.05) is 30.8 Å². The molecule has 1 saturated carbocycles. The maximum atomic E-state index is 13.8. The number of nitrogens with zero attached hydrogens (tertiary/aromatic N) is 3. The van der Waals surface area contributed by atoms with Crippen LogP contribution in [0.25, 0.3) is 11.0 Å². The lowest BCUT2D eigenvalue weighted by atomic mass is 9.80. The molecule has 3 aliphatic rings. The van der Waals surface area contributed by atoms with Crippen LogP contribution in [0.1, 0.15) is 49.4 Å². The van der Waals surface area contributed by atoms with Crippen LogP contribution < -0.4 is 19.7 Å². The van der Waals surface area contributed by atoms with Crippen LogP contribution >= 0.6 is 0 Å². The standard InChI is InChI=1S/C33H36N6O8S/c1-33(41)12-8-20(9-13-33)18-35-24-7-6-22(17-27(24)39(42)43)48(44,45)37-31(40)23-4-2-3-5-25(23)38-26-11-15-46-19-29(26)47-32-28(38)16-21-10-14-34-30(21)36-32/h2-7,10,14,16-17,20,26,29,35,41H,8-9,11-13,15,18-19H2,1H3,(H,34,36)(H,37,40)/t20-,26-,29-,33-/m0/s1. The van der Waals surface area contributed by atoms with Gasteiger partial charge in [-0.1, -0.05) is 12.1 Å². The number of aromatic nitrogens is 2. The molecular weight excluding hydrogens is 640 g/mol. The summed E-state index contributed by atoms with van der Waals surface area (Å²) >= 11 is 0. The van der Waals surface area contributed by atoms with E-state index in [-0.39, 0.29) is 29.3 Å². The predicted octanol–water partition coefficient (Wildman–Crippen LogP) is 4.63. The lowest BCUT2D eigenvalue weighted by Gasteiger charge is -2.45. The van der Waals surface area contributed by atoms with Crippen LogP contribution in [0.4, 0.5) is 22.7 Å². The second-order valence-electron chi connectivity index (χ2n) is 12.9. The third kappa shape index (κ3) is 6.16. The fraction of sp³-hybridized carbons (Fsp3) is 0.394. The summed E-state index contributed by atoms with van der Waals surface area (Å²) < 4.78 is 41.1. The highest BCUT2D eigenvalue weighted by Crippen LogP contribution is 2.44. The number of para-hydroxylation sites is 1. The van der Waals surface area contributed by atoms with E-state index < -0.39 is 37.0 Å². The zero-order valence-corrected chi connectivity index (χ0v) is 27.0. The third-order valence-corrected chi connectivity index (χ3v) is 10.8. The summed E-state index contributed by atoms with van der Waals surface area (Å²) in [5.41, 5.74) is 0.870. The van der Waals surface area contributed by atoms with E-state index in [2.05, 4.69) is 20.0 Å². The number of pyridine rings is 1. The first-order valence-corrected chi connectivity index (χ1v) is 17.4. The first-order chi connectivity index (χ1) is 23.0. The molecule has 2 aromatic heterocycles. The van der Waals surface area contributed by atoms with Crippen molar-refractivity contribution in [2.24, 2.45) is 5.92 Å². The maximum absolute atomic E-state index is 13.8. The van der Waals surface area contributed by atoms with Gasteiger partial charge < -0.3 is 29.8 Å². The highest BCUT2D eigenvalue weighted by Gasteiger charge is 2.41. The molecule has 2 aliphatic heterocycles. The van der Waals surface area contributed by atoms with E-state index in [1.807, 2.05) is 17.0 Å². The van der Waals surface area contributed by atoms with E-state index in [1.54, 1.807) is 31.3 Å². The minimum atomic E-state index is -4.52. The number of amides is 1. The lowest BCUT2D eigenvalue weighted by Crippen LogP contribution is -2.53. The van der Waals surface area contributed by atoms with Crippen LogP contribution in [0.2, 0.25) is 0 Å². The van der Waals surface area contributed by atoms with Crippen molar-refractivity contribution in [2.45, 2.75) is 61.7 Å². The van der Waals surface area contributed by atoms with Gasteiger partial charge in [-0.25, -0.2) is 13.1 Å². The number of hydrogen-bond donors (Lipinski definition) is 4. The number of nitro benzene ring substituents is 1. The molecule has 4 aromatic rings. The number of sulfonamides is 1. The molecule has 0 unspecified atom stereocenters. The van der Waals surface area contributed by atoms with Crippen molar-refractivity contribution in [2.75, 3.05) is 30.0 Å². The van der Waals surface area contributed by atoms with Crippen molar-refractivity contribution < 1.29 is 32.7 Å². The molecule has 0 spiro atoms. The van der Waals surface area contributed by atoms with Gasteiger partial charge in [0.25, 0.3) is 21.6 Å². The Morgan fingerprint density at radius 2 is 1.94 bits per heavy atom. The predicted molar refractivity (Wildman–Crippen MR) is 177 cm³/mol. The molecule has 2 fully saturated rings. The Morgan fingerprint density at radius 3 is 2.73 bits per heavy atom. The molecule has 0 radical (unpaired) electrons. The number of hydrogen-bond acceptors (Lipinski definition) is 11. The van der Waals surface area contributed by atoms with E-state index in [0.29, 0.717) is 61.9 Å². The van der Waals surface area contributed by atoms with E-state index in [0.717, 1.165) is 24.3 Å². The minimum absolute atomic E-state index is 0.0904. The number of benzene rings is 2. The number of aromatic amines is 1. The molecule has 1 amide bonds. The lowest BCUT2D eigenvalue weighted by molar-refractivity contribution is -0.384. The van der Waals surface area contributed by atoms with Gasteiger partial charge in [-0.3, -0.25) is 14.9 Å². The van der Waals surface area contributed by atoms with Crippen molar-refractivity contribution in [3.05, 3.63) is 76.5 Å². The number of aliphatic hydroxyl groups is 1. The summed E-state index contributed by atoms with van der Waals surface area (Å²) in [5.74, 6) is -0.320. The molecular formula is C33H36N6O8S. The second kappa shape index (κ2) is 12.4. The zero-order valence-electron chi connectivity index (χ0n) is 26.2. The topological polar surface area (TPSA) is 189 Å². The number of nitrogens with one attached hydrogen (secondary N) is 3. The van der Waals surface area contributed by atoms with E-state index in [4.69, 9.17) is 9.47 Å². The molecule has 48 heavy (non-hydrogen) atoms. The first kappa shape index (κ1) is 31.8. The molecule has 15 heteroatoms. The van der Waals surface area contributed by atoms with E-state index >= 15 is 0 Å². The van der Waals surface area contributed by atoms with Gasteiger partial charge in [0.1, 0.15) is 23.1 Å². The van der Waals surface area contributed by atoms with Crippen molar-refractivity contribution >= 4 is 49.7 Å². The van der Waals surface area contributed by atoms with Gasteiger partial charge in [0.15, 0.2) is 0 Å². The van der Waals surface area contributed by atoms with Crippen LogP contribution in [0.5, 0.6) is 5.88 Å². The highest BCUT2D eigenvalue weighted by atomic mass is 32.2. The van der Waals surface area contributed by atoms with Crippen LogP contribution in [0.3, 0.4) is 0 Å². The second-order valence-corrected chi connectivity index (χ2v) is 14.6. The van der Waals surface area contributed by atoms with E-state index in [1.165, 1.54) is 18.2 Å². The molecule has 1 saturated heterocycles. The quantitative estimate of drug-likeness (QED) is 0.150. The number of anilines is 3. The first-order valence-electron chi connectivity index (χ1n) is 15.9. The summed E-state index contributed by atoms with van der Waals surface area (Å²) in [7, 11) is -4.52. The number of carbonyl (C=O) groups excluding carboxylic acids is 1. The third-order valence-electron chi connectivity index (χ3n) is 9.48. The fourth-order valence-corrected chi connectivity index (χ4v) is 7.79. The largest absolute Gasteiger partial charge is 0.468 e. The normalized spacial score (nSPS) is 23.9. The number of rotatable bonds is 8. The van der Waals surface area contributed by atoms with Crippen molar-refractivity contribution in [1.29, 1.82) is 0 Å². The summed E-state index contributed by atoms with van der Waals surface area (Å²) in [6, 6.07) is 13.8. The van der Waals surface area contributed by atoms with Gasteiger partial charge in [-0.15, -0.1) is 0 Å². The van der Waals surface area contributed by atoms with E-state index in [9.17, 15) is 28.4 Å². The van der Waals surface area contributed by atoms with Gasteiger partial charge in [0.05, 0.1) is 39.3 Å². The molecule has 252 valence electrons. The van der Waals surface area contributed by atoms with Crippen molar-refractivity contribution in [1.82, 2.24) is 14.7 Å². The van der Waals surface area contributed by atoms with Gasteiger partial charge in [0.2, 0.25) is 5.88 Å². The molecule has 4 heterocycles. The SMILES string of the molecule is C[C@]1(O)CC[C@H](CNc2ccc(S(=O)(=O)NC(=O)c3ccccc3N3c4cc5cc[nH]c5nc4O[C@H]4COCC[C@@H]43)cc2[N+](=O)[O-])CC1. The van der Waals surface area contributed by atoms with Crippen molar-refractivity contribution in [3.8, 4) is 5.88 Å². The number of carbonyl (C=O) groups is 1. The van der Waals surface area contributed by atoms with Gasteiger partial charge >= 0.3 is 0 Å². The Morgan fingerprint density at radius 1 is 1.15 bits per heavy atom. The monoisotopic (exact) mass is 676 g/mol. The molecule has 1 aliphatic carbocycles. The highest BCUT2D eigenvalue weighted by molar-refractivity contribution is 7.90. The summed E-state index contributed by atoms with van der Waals surface area (Å²) in [5, 5.41) is 26.1. The molecule has 0 bridgehead atoms. The van der Waals surface area contributed by atoms with Crippen LogP contribution in [0, 0.1) is 16.0 Å². The maximum Gasteiger partial charge on any atom is 0.293 e. The summed E-state index contributed by atoms with van der Waals surface area (Å²) in [4.78, 5) is 34.4. The van der Waals surface area contributed by atoms with Gasteiger partial charge in [-0.05, 0) is 81.3 Å². The summed E-state index contributed by atoms with van der Waals surface area (Å²) in [6.07, 6.45) is 4.80.